The zero-order valence-electron chi connectivity index (χ0n) is 7.99. The fourth-order valence-corrected chi connectivity index (χ4v) is 2.02. The minimum absolute atomic E-state index is 0.342. The van der Waals surface area contributed by atoms with Crippen molar-refractivity contribution >= 4 is 22.9 Å². The lowest BCUT2D eigenvalue weighted by atomic mass is 10.1. The number of carboxylic acids is 1. The Kier molecular flexibility index (Phi) is 3.65. The molecule has 1 N–H and O–H groups in total. The Morgan fingerprint density at radius 2 is 2.43 bits per heavy atom. The van der Waals surface area contributed by atoms with Crippen LogP contribution in [0, 0.1) is 0 Å². The van der Waals surface area contributed by atoms with Crippen molar-refractivity contribution in [2.75, 3.05) is 0 Å². The van der Waals surface area contributed by atoms with Gasteiger partial charge in [0.1, 0.15) is 0 Å². The third-order valence-corrected chi connectivity index (χ3v) is 2.75. The van der Waals surface area contributed by atoms with E-state index in [2.05, 4.69) is 6.58 Å². The Morgan fingerprint density at radius 1 is 1.71 bits per heavy atom. The van der Waals surface area contributed by atoms with Gasteiger partial charge in [-0.2, -0.15) is 0 Å². The lowest BCUT2D eigenvalue weighted by molar-refractivity contribution is 0.0697. The standard InChI is InChI=1S/C11H12O2S/c1-3-5-8(4-2)10-6-9(7-14-10)11(12)13/h4-7H,2-3H2,1H3,(H,12,13)/b8-5+. The Morgan fingerprint density at radius 3 is 2.86 bits per heavy atom. The van der Waals surface area contributed by atoms with Gasteiger partial charge in [0.15, 0.2) is 0 Å². The second-order valence-electron chi connectivity index (χ2n) is 2.78. The maximum absolute atomic E-state index is 10.6. The van der Waals surface area contributed by atoms with E-state index in [4.69, 9.17) is 5.11 Å². The summed E-state index contributed by atoms with van der Waals surface area (Å²) in [6.07, 6.45) is 4.70. The molecule has 1 aromatic rings. The zero-order chi connectivity index (χ0) is 10.6. The first-order chi connectivity index (χ1) is 6.69. The van der Waals surface area contributed by atoms with Crippen LogP contribution in [-0.4, -0.2) is 11.1 Å². The molecule has 0 saturated carbocycles. The largest absolute Gasteiger partial charge is 0.478 e. The molecule has 0 fully saturated rings. The number of carbonyl (C=O) groups is 1. The van der Waals surface area contributed by atoms with Crippen molar-refractivity contribution in [3.63, 3.8) is 0 Å². The van der Waals surface area contributed by atoms with Gasteiger partial charge < -0.3 is 5.11 Å². The normalized spacial score (nSPS) is 11.4. The molecule has 0 bridgehead atoms. The highest BCUT2D eigenvalue weighted by Crippen LogP contribution is 2.24. The van der Waals surface area contributed by atoms with E-state index in [1.807, 2.05) is 13.0 Å². The lowest BCUT2D eigenvalue weighted by Crippen LogP contribution is -1.91. The first-order valence-corrected chi connectivity index (χ1v) is 5.21. The molecule has 0 saturated heterocycles. The van der Waals surface area contributed by atoms with Gasteiger partial charge in [-0.3, -0.25) is 0 Å². The quantitative estimate of drug-likeness (QED) is 0.770. The first kappa shape index (κ1) is 10.7. The molecule has 0 amide bonds. The predicted molar refractivity (Wildman–Crippen MR) is 59.7 cm³/mol. The number of carboxylic acid groups (broad SMARTS) is 1. The monoisotopic (exact) mass is 208 g/mol. The summed E-state index contributed by atoms with van der Waals surface area (Å²) < 4.78 is 0. The number of hydrogen-bond donors (Lipinski definition) is 1. The third-order valence-electron chi connectivity index (χ3n) is 1.77. The van der Waals surface area contributed by atoms with Gasteiger partial charge in [-0.05, 0) is 18.1 Å². The van der Waals surface area contributed by atoms with Gasteiger partial charge in [-0.15, -0.1) is 11.3 Å². The van der Waals surface area contributed by atoms with Crippen LogP contribution < -0.4 is 0 Å². The first-order valence-electron chi connectivity index (χ1n) is 4.33. The number of allylic oxidation sites excluding steroid dienone is 3. The number of rotatable bonds is 4. The van der Waals surface area contributed by atoms with Gasteiger partial charge in [0, 0.05) is 10.3 Å². The molecule has 2 nitrogen and oxygen atoms in total. The summed E-state index contributed by atoms with van der Waals surface area (Å²) in [5.74, 6) is -0.882. The van der Waals surface area contributed by atoms with Crippen LogP contribution in [0.5, 0.6) is 0 Å². The molecule has 0 spiro atoms. The Balaban J connectivity index is 3.01. The van der Waals surface area contributed by atoms with E-state index in [1.165, 1.54) is 11.3 Å². The van der Waals surface area contributed by atoms with Crippen molar-refractivity contribution in [2.45, 2.75) is 13.3 Å². The molecule has 1 heterocycles. The SMILES string of the molecule is C=C/C(=C\CC)c1cc(C(=O)O)cs1. The highest BCUT2D eigenvalue weighted by atomic mass is 32.1. The number of hydrogen-bond acceptors (Lipinski definition) is 2. The molecule has 0 aliphatic carbocycles. The molecule has 0 aliphatic rings. The average Bonchev–Trinajstić information content (AvgIpc) is 2.63. The molecule has 0 unspecified atom stereocenters. The van der Waals surface area contributed by atoms with Crippen molar-refractivity contribution in [1.29, 1.82) is 0 Å². The molecule has 0 aliphatic heterocycles. The van der Waals surface area contributed by atoms with Crippen molar-refractivity contribution in [1.82, 2.24) is 0 Å². The summed E-state index contributed by atoms with van der Waals surface area (Å²) in [7, 11) is 0. The number of thiophene rings is 1. The van der Waals surface area contributed by atoms with Gasteiger partial charge in [0.25, 0.3) is 0 Å². The third kappa shape index (κ3) is 2.33. The maximum atomic E-state index is 10.6. The molecule has 1 rings (SSSR count). The second kappa shape index (κ2) is 4.77. The summed E-state index contributed by atoms with van der Waals surface area (Å²) >= 11 is 1.43. The second-order valence-corrected chi connectivity index (χ2v) is 3.69. The maximum Gasteiger partial charge on any atom is 0.336 e. The molecule has 1 aromatic heterocycles. The van der Waals surface area contributed by atoms with Crippen molar-refractivity contribution in [3.05, 3.63) is 40.6 Å². The fraction of sp³-hybridized carbons (Fsp3) is 0.182. The van der Waals surface area contributed by atoms with Crippen LogP contribution in [0.25, 0.3) is 5.57 Å². The average molecular weight is 208 g/mol. The van der Waals surface area contributed by atoms with Crippen LogP contribution in [0.1, 0.15) is 28.6 Å². The van der Waals surface area contributed by atoms with E-state index in [1.54, 1.807) is 17.5 Å². The van der Waals surface area contributed by atoms with Crippen molar-refractivity contribution < 1.29 is 9.90 Å². The Hall–Kier alpha value is -1.35. The van der Waals surface area contributed by atoms with Gasteiger partial charge in [0.05, 0.1) is 5.56 Å². The highest BCUT2D eigenvalue weighted by molar-refractivity contribution is 7.11. The van der Waals surface area contributed by atoms with E-state index in [0.29, 0.717) is 5.56 Å². The molecule has 3 heteroatoms. The van der Waals surface area contributed by atoms with Crippen LogP contribution in [0.4, 0.5) is 0 Å². The van der Waals surface area contributed by atoms with E-state index in [-0.39, 0.29) is 0 Å². The molecule has 0 radical (unpaired) electrons. The van der Waals surface area contributed by atoms with Crippen molar-refractivity contribution in [3.8, 4) is 0 Å². The number of aromatic carboxylic acids is 1. The van der Waals surface area contributed by atoms with Gasteiger partial charge in [-0.25, -0.2) is 4.79 Å². The van der Waals surface area contributed by atoms with Crippen LogP contribution in [0.2, 0.25) is 0 Å². The smallest absolute Gasteiger partial charge is 0.336 e. The Labute approximate surface area is 87.2 Å². The van der Waals surface area contributed by atoms with E-state index in [0.717, 1.165) is 16.9 Å². The van der Waals surface area contributed by atoms with Crippen LogP contribution in [0.15, 0.2) is 30.2 Å². The zero-order valence-corrected chi connectivity index (χ0v) is 8.80. The molecular weight excluding hydrogens is 196 g/mol. The van der Waals surface area contributed by atoms with Gasteiger partial charge >= 0.3 is 5.97 Å². The summed E-state index contributed by atoms with van der Waals surface area (Å²) in [4.78, 5) is 11.6. The van der Waals surface area contributed by atoms with Gasteiger partial charge in [0.2, 0.25) is 0 Å². The minimum atomic E-state index is -0.882. The summed E-state index contributed by atoms with van der Waals surface area (Å²) in [6, 6.07) is 1.68. The van der Waals surface area contributed by atoms with Gasteiger partial charge in [-0.1, -0.05) is 25.7 Å². The minimum Gasteiger partial charge on any atom is -0.478 e. The van der Waals surface area contributed by atoms with Crippen molar-refractivity contribution in [2.24, 2.45) is 0 Å². The predicted octanol–water partition coefficient (Wildman–Crippen LogP) is 3.43. The van der Waals surface area contributed by atoms with E-state index >= 15 is 0 Å². The molecular formula is C11H12O2S. The highest BCUT2D eigenvalue weighted by Gasteiger charge is 2.07. The summed E-state index contributed by atoms with van der Waals surface area (Å²) in [5.41, 5.74) is 1.35. The summed E-state index contributed by atoms with van der Waals surface area (Å²) in [6.45, 7) is 5.74. The molecule has 0 aromatic carbocycles. The topological polar surface area (TPSA) is 37.3 Å². The molecule has 0 atom stereocenters. The summed E-state index contributed by atoms with van der Waals surface area (Å²) in [5, 5.41) is 10.4. The van der Waals surface area contributed by atoms with E-state index < -0.39 is 5.97 Å². The van der Waals surface area contributed by atoms with Crippen LogP contribution in [0.3, 0.4) is 0 Å². The Bertz CT molecular complexity index is 374. The lowest BCUT2D eigenvalue weighted by Gasteiger charge is -1.95. The molecule has 74 valence electrons. The van der Waals surface area contributed by atoms with Crippen LogP contribution in [-0.2, 0) is 0 Å². The fourth-order valence-electron chi connectivity index (χ4n) is 1.10. The van der Waals surface area contributed by atoms with E-state index in [9.17, 15) is 4.79 Å². The van der Waals surface area contributed by atoms with Crippen LogP contribution >= 0.6 is 11.3 Å². The molecule has 14 heavy (non-hydrogen) atoms.